The largest absolute Gasteiger partial charge is 0.490 e. The molecule has 0 radical (unpaired) electrons. The molecule has 2 aromatic carbocycles. The molecule has 4 rings (SSSR count). The zero-order valence-electron chi connectivity index (χ0n) is 35.5. The number of nitriles is 2. The molecule has 0 saturated carbocycles. The molecule has 334 valence electrons. The van der Waals surface area contributed by atoms with Crippen molar-refractivity contribution in [3.05, 3.63) is 76.6 Å². The highest BCUT2D eigenvalue weighted by Crippen LogP contribution is 2.37. The van der Waals surface area contributed by atoms with E-state index in [2.05, 4.69) is 32.7 Å². The van der Waals surface area contributed by atoms with Crippen LogP contribution < -0.4 is 32.6 Å². The zero-order chi connectivity index (χ0) is 46.1. The van der Waals surface area contributed by atoms with Crippen molar-refractivity contribution in [1.82, 2.24) is 20.6 Å². The number of nitrogen functional groups attached to an aromatic ring is 1. The van der Waals surface area contributed by atoms with Crippen LogP contribution in [0.1, 0.15) is 70.2 Å². The number of aromatic nitrogens is 2. The van der Waals surface area contributed by atoms with Crippen molar-refractivity contribution in [2.75, 3.05) is 32.0 Å². The highest BCUT2D eigenvalue weighted by atomic mass is 35.5. The van der Waals surface area contributed by atoms with E-state index in [1.165, 1.54) is 18.0 Å². The monoisotopic (exact) mass is 901 g/mol. The average Bonchev–Trinajstić information content (AvgIpc) is 3.72. The topological polar surface area (TPSA) is 285 Å². The summed E-state index contributed by atoms with van der Waals surface area (Å²) in [6.45, 7) is 7.11. The van der Waals surface area contributed by atoms with E-state index in [0.717, 1.165) is 5.56 Å². The maximum absolute atomic E-state index is 12.9. The maximum Gasteiger partial charge on any atom is 0.308 e. The number of nitrogens with two attached hydrogens (primary N) is 3. The van der Waals surface area contributed by atoms with Gasteiger partial charge in [0.25, 0.3) is 0 Å². The van der Waals surface area contributed by atoms with Crippen LogP contribution in [-0.4, -0.2) is 78.2 Å². The quantitative estimate of drug-likeness (QED) is 0.0468. The standard InChI is InChI=1S/C44H52ClN9O8S/c1-25(2)17-35(48)41(57)51-15-13-37(55)60-23-32(62-38(56)14-16-52-42(58)36(49)18-26(3)4)22-59-31-11-7-27(8-12-31)39-33(19-46)40(50)54-44(34(39)20-47)63-24-30-21-61-43(53-30)28-5-9-29(45)10-6-28/h5-12,21,25-26,32,35-36H,13-18,22-24,48-49H2,1-4H3,(H2,50,54)(H,51,57)(H,52,58). The van der Waals surface area contributed by atoms with Crippen LogP contribution in [0.25, 0.3) is 22.6 Å². The molecule has 3 unspecified atom stereocenters. The molecule has 0 spiro atoms. The van der Waals surface area contributed by atoms with Gasteiger partial charge in [-0.25, -0.2) is 9.97 Å². The molecular weight excluding hydrogens is 850 g/mol. The van der Waals surface area contributed by atoms with E-state index in [0.29, 0.717) is 40.8 Å². The van der Waals surface area contributed by atoms with Crippen LogP contribution in [0.4, 0.5) is 5.82 Å². The second-order valence-corrected chi connectivity index (χ2v) is 16.7. The van der Waals surface area contributed by atoms with E-state index in [1.807, 2.05) is 27.7 Å². The zero-order valence-corrected chi connectivity index (χ0v) is 37.1. The molecule has 0 aliphatic heterocycles. The lowest BCUT2D eigenvalue weighted by atomic mass is 9.97. The van der Waals surface area contributed by atoms with Crippen LogP contribution >= 0.6 is 23.4 Å². The van der Waals surface area contributed by atoms with Gasteiger partial charge >= 0.3 is 11.9 Å². The minimum absolute atomic E-state index is 0.00663. The molecule has 0 aliphatic carbocycles. The van der Waals surface area contributed by atoms with Gasteiger partial charge in [-0.15, -0.1) is 0 Å². The van der Waals surface area contributed by atoms with Crippen LogP contribution in [0, 0.1) is 34.5 Å². The summed E-state index contributed by atoms with van der Waals surface area (Å²) in [6.07, 6.45) is 1.04. The summed E-state index contributed by atoms with van der Waals surface area (Å²) in [5.74, 6) is -0.781. The van der Waals surface area contributed by atoms with Gasteiger partial charge in [0.05, 0.1) is 36.2 Å². The van der Waals surface area contributed by atoms with Crippen molar-refractivity contribution in [2.24, 2.45) is 23.3 Å². The van der Waals surface area contributed by atoms with E-state index in [-0.39, 0.29) is 90.2 Å². The third-order valence-electron chi connectivity index (χ3n) is 9.10. The highest BCUT2D eigenvalue weighted by molar-refractivity contribution is 7.98. The third kappa shape index (κ3) is 15.6. The Kier molecular flexibility index (Phi) is 19.2. The van der Waals surface area contributed by atoms with Crippen LogP contribution in [0.2, 0.25) is 5.02 Å². The summed E-state index contributed by atoms with van der Waals surface area (Å²) in [5, 5.41) is 26.5. The van der Waals surface area contributed by atoms with Gasteiger partial charge in [-0.05, 0) is 66.6 Å². The smallest absolute Gasteiger partial charge is 0.308 e. The number of thioether (sulfide) groups is 1. The van der Waals surface area contributed by atoms with Gasteiger partial charge in [0, 0.05) is 35.0 Å². The first-order chi connectivity index (χ1) is 30.1. The lowest BCUT2D eigenvalue weighted by Gasteiger charge is -2.19. The molecule has 2 amide bonds. The van der Waals surface area contributed by atoms with Gasteiger partial charge in [0.2, 0.25) is 17.7 Å². The molecule has 2 heterocycles. The number of hydrogen-bond acceptors (Lipinski definition) is 16. The molecule has 4 aromatic rings. The summed E-state index contributed by atoms with van der Waals surface area (Å²) in [5.41, 5.74) is 20.3. The van der Waals surface area contributed by atoms with Gasteiger partial charge in [-0.1, -0.05) is 63.2 Å². The summed E-state index contributed by atoms with van der Waals surface area (Å²) < 4.78 is 22.5. The number of nitrogens with zero attached hydrogens (tertiary/aromatic N) is 4. The Bertz CT molecular complexity index is 2270. The SMILES string of the molecule is CC(C)CC(N)C(=O)NCCC(=O)OCC(COc1ccc(-c2c(C#N)c(N)nc(SCc3coc(-c4ccc(Cl)cc4)n3)c2C#N)cc1)OC(=O)CCNC(=O)C(N)CC(C)C. The fraction of sp³-hybridized carbons (Fsp3) is 0.409. The maximum atomic E-state index is 12.9. The molecule has 0 aliphatic rings. The Labute approximate surface area is 375 Å². The van der Waals surface area contributed by atoms with Crippen LogP contribution in [-0.2, 0) is 34.4 Å². The van der Waals surface area contributed by atoms with Crippen molar-refractivity contribution < 1.29 is 37.8 Å². The van der Waals surface area contributed by atoms with Crippen LogP contribution in [0.5, 0.6) is 5.75 Å². The second kappa shape index (κ2) is 24.5. The molecule has 19 heteroatoms. The Hall–Kier alpha value is -6.18. The van der Waals surface area contributed by atoms with E-state index < -0.39 is 36.0 Å². The summed E-state index contributed by atoms with van der Waals surface area (Å²) in [7, 11) is 0. The van der Waals surface area contributed by atoms with Crippen molar-refractivity contribution >= 4 is 52.9 Å². The lowest BCUT2D eigenvalue weighted by molar-refractivity contribution is -0.160. The minimum Gasteiger partial charge on any atom is -0.490 e. The second-order valence-electron chi connectivity index (χ2n) is 15.3. The van der Waals surface area contributed by atoms with E-state index in [9.17, 15) is 29.7 Å². The van der Waals surface area contributed by atoms with Crippen molar-refractivity contribution in [2.45, 2.75) is 82.3 Å². The molecular formula is C44H52ClN9O8S. The Morgan fingerprint density at radius 1 is 0.810 bits per heavy atom. The first kappa shape index (κ1) is 49.5. The fourth-order valence-electron chi connectivity index (χ4n) is 6.03. The molecule has 63 heavy (non-hydrogen) atoms. The van der Waals surface area contributed by atoms with Gasteiger partial charge in [-0.2, -0.15) is 10.5 Å². The van der Waals surface area contributed by atoms with E-state index in [1.54, 1.807) is 48.5 Å². The van der Waals surface area contributed by atoms with Gasteiger partial charge < -0.3 is 46.5 Å². The van der Waals surface area contributed by atoms with Gasteiger partial charge in [0.15, 0.2) is 6.10 Å². The van der Waals surface area contributed by atoms with Crippen molar-refractivity contribution in [3.8, 4) is 40.5 Å². The number of benzene rings is 2. The number of amides is 2. The number of pyridine rings is 1. The number of ether oxygens (including phenoxy) is 3. The molecule has 8 N–H and O–H groups in total. The van der Waals surface area contributed by atoms with Crippen LogP contribution in [0.3, 0.4) is 0 Å². The number of esters is 2. The van der Waals surface area contributed by atoms with E-state index >= 15 is 0 Å². The molecule has 0 bridgehead atoms. The number of carbonyl (C=O) groups is 4. The normalized spacial score (nSPS) is 12.4. The lowest BCUT2D eigenvalue weighted by Crippen LogP contribution is -2.42. The Morgan fingerprint density at radius 2 is 1.38 bits per heavy atom. The highest BCUT2D eigenvalue weighted by Gasteiger charge is 2.23. The summed E-state index contributed by atoms with van der Waals surface area (Å²) >= 11 is 7.20. The van der Waals surface area contributed by atoms with Crippen LogP contribution in [0.15, 0.2) is 64.2 Å². The number of carbonyl (C=O) groups excluding carboxylic acids is 4. The summed E-state index contributed by atoms with van der Waals surface area (Å²) in [4.78, 5) is 59.0. The number of rotatable bonds is 23. The minimum atomic E-state index is -1.07. The summed E-state index contributed by atoms with van der Waals surface area (Å²) in [6, 6.07) is 16.3. The molecule has 3 atom stereocenters. The Morgan fingerprint density at radius 3 is 1.95 bits per heavy atom. The van der Waals surface area contributed by atoms with E-state index in [4.69, 9.17) is 47.4 Å². The molecule has 0 fully saturated rings. The first-order valence-electron chi connectivity index (χ1n) is 20.2. The Balaban J connectivity index is 1.43. The number of halogens is 1. The van der Waals surface area contributed by atoms with Crippen molar-refractivity contribution in [1.29, 1.82) is 10.5 Å². The number of anilines is 1. The average molecular weight is 902 g/mol. The first-order valence-corrected chi connectivity index (χ1v) is 21.6. The third-order valence-corrected chi connectivity index (χ3v) is 10.4. The predicted octanol–water partition coefficient (Wildman–Crippen LogP) is 5.27. The predicted molar refractivity (Wildman–Crippen MR) is 236 cm³/mol. The fourth-order valence-corrected chi connectivity index (χ4v) is 7.02. The molecule has 0 saturated heterocycles. The number of oxazole rings is 1. The van der Waals surface area contributed by atoms with Gasteiger partial charge in [-0.3, -0.25) is 19.2 Å². The number of nitrogens with one attached hydrogen (secondary N) is 2. The molecule has 17 nitrogen and oxygen atoms in total. The molecule has 2 aromatic heterocycles. The van der Waals surface area contributed by atoms with Crippen molar-refractivity contribution in [3.63, 3.8) is 0 Å². The van der Waals surface area contributed by atoms with Gasteiger partial charge in [0.1, 0.15) is 53.8 Å². The number of hydrogen-bond donors (Lipinski definition) is 5.